The van der Waals surface area contributed by atoms with E-state index in [2.05, 4.69) is 5.10 Å². The molecule has 2 nitrogen and oxygen atoms in total. The summed E-state index contributed by atoms with van der Waals surface area (Å²) in [6.07, 6.45) is 1.82. The Balaban J connectivity index is 2.90. The van der Waals surface area contributed by atoms with Crippen LogP contribution in [0.2, 0.25) is 0 Å². The first-order valence-corrected chi connectivity index (χ1v) is 3.47. The molecule has 0 saturated heterocycles. The van der Waals surface area contributed by atoms with Crippen LogP contribution < -0.4 is 0 Å². The SMILES string of the molecule is [B]n1cc2c(C)cccc2n1. The highest BCUT2D eigenvalue weighted by molar-refractivity contribution is 6.07. The van der Waals surface area contributed by atoms with Crippen LogP contribution in [0.4, 0.5) is 0 Å². The Labute approximate surface area is 66.3 Å². The Morgan fingerprint density at radius 1 is 1.45 bits per heavy atom. The van der Waals surface area contributed by atoms with Crippen molar-refractivity contribution in [1.29, 1.82) is 0 Å². The van der Waals surface area contributed by atoms with Crippen molar-refractivity contribution in [3.05, 3.63) is 30.0 Å². The summed E-state index contributed by atoms with van der Waals surface area (Å²) in [4.78, 5) is 0. The summed E-state index contributed by atoms with van der Waals surface area (Å²) >= 11 is 0. The number of nitrogens with zero attached hydrogens (tertiary/aromatic N) is 2. The van der Waals surface area contributed by atoms with Gasteiger partial charge in [-0.15, -0.1) is 0 Å². The number of aromatic nitrogens is 2. The molecule has 0 N–H and O–H groups in total. The van der Waals surface area contributed by atoms with Gasteiger partial charge in [0.05, 0.1) is 5.52 Å². The molecule has 0 saturated carbocycles. The van der Waals surface area contributed by atoms with E-state index >= 15 is 0 Å². The molecule has 1 aromatic heterocycles. The number of fused-ring (bicyclic) bond motifs is 1. The number of hydrogen-bond acceptors (Lipinski definition) is 1. The maximum Gasteiger partial charge on any atom is 0.264 e. The first kappa shape index (κ1) is 6.46. The summed E-state index contributed by atoms with van der Waals surface area (Å²) in [6, 6.07) is 5.97. The monoisotopic (exact) mass is 142 g/mol. The fourth-order valence-corrected chi connectivity index (χ4v) is 1.21. The topological polar surface area (TPSA) is 17.8 Å². The van der Waals surface area contributed by atoms with E-state index in [9.17, 15) is 0 Å². The van der Waals surface area contributed by atoms with Crippen molar-refractivity contribution >= 4 is 18.9 Å². The molecule has 0 spiro atoms. The average molecular weight is 142 g/mol. The van der Waals surface area contributed by atoms with Crippen molar-refractivity contribution in [1.82, 2.24) is 9.69 Å². The molecule has 2 rings (SSSR count). The molecule has 52 valence electrons. The molecule has 0 fully saturated rings. The Morgan fingerprint density at radius 3 is 3.00 bits per heavy atom. The van der Waals surface area contributed by atoms with E-state index in [0.717, 1.165) is 10.9 Å². The van der Waals surface area contributed by atoms with Gasteiger partial charge < -0.3 is 4.59 Å². The molecule has 0 bridgehead atoms. The molecule has 11 heavy (non-hydrogen) atoms. The highest BCUT2D eigenvalue weighted by atomic mass is 15.2. The van der Waals surface area contributed by atoms with Crippen LogP contribution in [0, 0.1) is 6.92 Å². The minimum Gasteiger partial charge on any atom is -0.330 e. The zero-order valence-corrected chi connectivity index (χ0v) is 6.28. The van der Waals surface area contributed by atoms with Crippen LogP contribution in [0.5, 0.6) is 0 Å². The van der Waals surface area contributed by atoms with Crippen molar-refractivity contribution in [2.75, 3.05) is 0 Å². The summed E-state index contributed by atoms with van der Waals surface area (Å²) in [5, 5.41) is 5.19. The Kier molecular flexibility index (Phi) is 1.25. The lowest BCUT2D eigenvalue weighted by Gasteiger charge is -1.90. The van der Waals surface area contributed by atoms with Gasteiger partial charge in [-0.25, -0.2) is 0 Å². The molecule has 0 aliphatic heterocycles. The quantitative estimate of drug-likeness (QED) is 0.506. The van der Waals surface area contributed by atoms with E-state index in [1.54, 1.807) is 0 Å². The molecule has 2 aromatic rings. The van der Waals surface area contributed by atoms with Gasteiger partial charge in [0.25, 0.3) is 7.98 Å². The zero-order chi connectivity index (χ0) is 7.84. The minimum absolute atomic E-state index is 0.951. The normalized spacial score (nSPS) is 10.6. The maximum absolute atomic E-state index is 5.46. The lowest BCUT2D eigenvalue weighted by molar-refractivity contribution is 1.01. The minimum atomic E-state index is 0.951. The van der Waals surface area contributed by atoms with E-state index in [-0.39, 0.29) is 0 Å². The second-order valence-corrected chi connectivity index (χ2v) is 2.62. The largest absolute Gasteiger partial charge is 0.330 e. The van der Waals surface area contributed by atoms with Gasteiger partial charge in [-0.3, -0.25) is 0 Å². The molecule has 1 aromatic carbocycles. The van der Waals surface area contributed by atoms with Crippen molar-refractivity contribution in [3.8, 4) is 0 Å². The van der Waals surface area contributed by atoms with Gasteiger partial charge in [0.2, 0.25) is 0 Å². The summed E-state index contributed by atoms with van der Waals surface area (Å²) in [7, 11) is 5.46. The van der Waals surface area contributed by atoms with Crippen molar-refractivity contribution < 1.29 is 0 Å². The van der Waals surface area contributed by atoms with Gasteiger partial charge in [-0.05, 0) is 18.6 Å². The van der Waals surface area contributed by atoms with Crippen molar-refractivity contribution in [3.63, 3.8) is 0 Å². The number of aryl methyl sites for hydroxylation is 1. The van der Waals surface area contributed by atoms with Crippen LogP contribution in [-0.2, 0) is 0 Å². The second kappa shape index (κ2) is 2.12. The lowest BCUT2D eigenvalue weighted by Crippen LogP contribution is -1.88. The summed E-state index contributed by atoms with van der Waals surface area (Å²) in [5.74, 6) is 0. The average Bonchev–Trinajstić information content (AvgIpc) is 2.31. The predicted octanol–water partition coefficient (Wildman–Crippen LogP) is 1.28. The molecular formula is C8H7BN2. The number of benzene rings is 1. The van der Waals surface area contributed by atoms with Gasteiger partial charge in [0.15, 0.2) is 0 Å². The lowest BCUT2D eigenvalue weighted by atomic mass is 10.1. The highest BCUT2D eigenvalue weighted by Crippen LogP contribution is 2.14. The molecular weight excluding hydrogens is 135 g/mol. The van der Waals surface area contributed by atoms with Crippen LogP contribution in [0.3, 0.4) is 0 Å². The van der Waals surface area contributed by atoms with Gasteiger partial charge in [0.1, 0.15) is 0 Å². The Morgan fingerprint density at radius 2 is 2.27 bits per heavy atom. The zero-order valence-electron chi connectivity index (χ0n) is 6.28. The Hall–Kier alpha value is -1.25. The summed E-state index contributed by atoms with van der Waals surface area (Å²) < 4.78 is 1.34. The highest BCUT2D eigenvalue weighted by Gasteiger charge is 1.98. The predicted molar refractivity (Wildman–Crippen MR) is 45.6 cm³/mol. The third kappa shape index (κ3) is 0.927. The summed E-state index contributed by atoms with van der Waals surface area (Å²) in [5.41, 5.74) is 2.16. The van der Waals surface area contributed by atoms with E-state index in [0.29, 0.717) is 0 Å². The first-order chi connectivity index (χ1) is 5.27. The standard InChI is InChI=1S/C8H7BN2/c1-6-3-2-4-8-7(6)5-11(9)10-8/h2-5H,1H3. The van der Waals surface area contributed by atoms with E-state index < -0.39 is 0 Å². The van der Waals surface area contributed by atoms with Crippen molar-refractivity contribution in [2.45, 2.75) is 6.92 Å². The Bertz CT molecular complexity index is 392. The molecule has 0 aliphatic rings. The third-order valence-electron chi connectivity index (χ3n) is 1.79. The van der Waals surface area contributed by atoms with Gasteiger partial charge in [0, 0.05) is 11.6 Å². The van der Waals surface area contributed by atoms with Crippen LogP contribution in [0.25, 0.3) is 10.9 Å². The van der Waals surface area contributed by atoms with Crippen LogP contribution in [0.15, 0.2) is 24.4 Å². The summed E-state index contributed by atoms with van der Waals surface area (Å²) in [6.45, 7) is 2.05. The number of rotatable bonds is 0. The van der Waals surface area contributed by atoms with Gasteiger partial charge >= 0.3 is 0 Å². The van der Waals surface area contributed by atoms with Crippen LogP contribution >= 0.6 is 0 Å². The smallest absolute Gasteiger partial charge is 0.264 e. The van der Waals surface area contributed by atoms with E-state index in [1.807, 2.05) is 31.3 Å². The fourth-order valence-electron chi connectivity index (χ4n) is 1.21. The molecule has 0 atom stereocenters. The molecule has 0 aliphatic carbocycles. The maximum atomic E-state index is 5.46. The van der Waals surface area contributed by atoms with Crippen LogP contribution in [0.1, 0.15) is 5.56 Å². The fraction of sp³-hybridized carbons (Fsp3) is 0.125. The first-order valence-electron chi connectivity index (χ1n) is 3.47. The number of hydrogen-bond donors (Lipinski definition) is 0. The molecule has 0 amide bonds. The van der Waals surface area contributed by atoms with Gasteiger partial charge in [-0.2, -0.15) is 5.10 Å². The molecule has 0 unspecified atom stereocenters. The van der Waals surface area contributed by atoms with E-state index in [1.165, 1.54) is 10.2 Å². The van der Waals surface area contributed by atoms with Crippen molar-refractivity contribution in [2.24, 2.45) is 0 Å². The van der Waals surface area contributed by atoms with Gasteiger partial charge in [-0.1, -0.05) is 12.1 Å². The van der Waals surface area contributed by atoms with Crippen LogP contribution in [-0.4, -0.2) is 17.7 Å². The third-order valence-corrected chi connectivity index (χ3v) is 1.79. The molecule has 2 radical (unpaired) electrons. The molecule has 1 heterocycles. The van der Waals surface area contributed by atoms with E-state index in [4.69, 9.17) is 7.98 Å². The second-order valence-electron chi connectivity index (χ2n) is 2.62. The molecule has 3 heteroatoms.